The van der Waals surface area contributed by atoms with Gasteiger partial charge in [0.15, 0.2) is 0 Å². The molecule has 0 spiro atoms. The van der Waals surface area contributed by atoms with Crippen LogP contribution in [-0.4, -0.2) is 21.3 Å². The van der Waals surface area contributed by atoms with Crippen LogP contribution in [0.25, 0.3) is 5.57 Å². The van der Waals surface area contributed by atoms with Crippen molar-refractivity contribution in [2.75, 3.05) is 0 Å². The lowest BCUT2D eigenvalue weighted by atomic mass is 10.1. The summed E-state index contributed by atoms with van der Waals surface area (Å²) in [5.41, 5.74) is 5.24. The zero-order valence-corrected chi connectivity index (χ0v) is 15.7. The Labute approximate surface area is 152 Å². The largest absolute Gasteiger partial charge is 0.256 e. The zero-order chi connectivity index (χ0) is 16.9. The number of pyridine rings is 2. The van der Waals surface area contributed by atoms with Gasteiger partial charge in [-0.2, -0.15) is 0 Å². The number of hydrogen-bond acceptors (Lipinski definition) is 2. The summed E-state index contributed by atoms with van der Waals surface area (Å²) in [5.74, 6) is 2.62. The van der Waals surface area contributed by atoms with E-state index in [0.29, 0.717) is 0 Å². The second-order valence-electron chi connectivity index (χ2n) is 7.30. The van der Waals surface area contributed by atoms with Gasteiger partial charge in [-0.25, -0.2) is 0 Å². The van der Waals surface area contributed by atoms with Gasteiger partial charge in [-0.3, -0.25) is 9.97 Å². The maximum atomic E-state index is 4.66. The van der Waals surface area contributed by atoms with E-state index in [9.17, 15) is 0 Å². The van der Waals surface area contributed by atoms with E-state index in [4.69, 9.17) is 0 Å². The third-order valence-corrected chi connectivity index (χ3v) is 8.93. The average Bonchev–Trinajstić information content (AvgIpc) is 3.38. The molecule has 0 radical (unpaired) electrons. The molecule has 0 unspecified atom stereocenters. The van der Waals surface area contributed by atoms with E-state index in [1.54, 1.807) is 0 Å². The highest BCUT2D eigenvalue weighted by atomic mass is 31.1. The topological polar surface area (TPSA) is 25.8 Å². The fourth-order valence-corrected chi connectivity index (χ4v) is 7.87. The molecule has 0 amide bonds. The molecule has 4 rings (SSSR count). The Hall–Kier alpha value is -1.53. The maximum Gasteiger partial charge on any atom is 0.0724 e. The third kappa shape index (κ3) is 4.01. The van der Waals surface area contributed by atoms with Gasteiger partial charge in [-0.1, -0.05) is 45.7 Å². The quantitative estimate of drug-likeness (QED) is 0.597. The van der Waals surface area contributed by atoms with Gasteiger partial charge in [0.25, 0.3) is 0 Å². The molecule has 2 aliphatic carbocycles. The molecule has 2 fully saturated rings. The van der Waals surface area contributed by atoms with E-state index < -0.39 is 0 Å². The number of hydrogen-bond donors (Lipinski definition) is 0. The molecule has 2 aliphatic rings. The average molecular weight is 350 g/mol. The molecule has 0 aliphatic heterocycles. The van der Waals surface area contributed by atoms with Crippen LogP contribution in [0.5, 0.6) is 0 Å². The summed E-state index contributed by atoms with van der Waals surface area (Å²) < 4.78 is 0. The summed E-state index contributed by atoms with van der Waals surface area (Å²) in [6, 6.07) is 12.4. The summed E-state index contributed by atoms with van der Waals surface area (Å²) >= 11 is 0. The highest BCUT2D eigenvalue weighted by molar-refractivity contribution is 7.62. The Morgan fingerprint density at radius 2 is 1.24 bits per heavy atom. The van der Waals surface area contributed by atoms with Gasteiger partial charge in [0, 0.05) is 18.0 Å². The second kappa shape index (κ2) is 8.23. The predicted octanol–water partition coefficient (Wildman–Crippen LogP) is 6.23. The van der Waals surface area contributed by atoms with Crippen LogP contribution < -0.4 is 0 Å². The van der Waals surface area contributed by atoms with Crippen molar-refractivity contribution >= 4 is 13.5 Å². The van der Waals surface area contributed by atoms with Crippen molar-refractivity contribution in [1.82, 2.24) is 9.97 Å². The van der Waals surface area contributed by atoms with Crippen molar-refractivity contribution in [2.45, 2.75) is 62.7 Å². The highest BCUT2D eigenvalue weighted by Crippen LogP contribution is 2.59. The monoisotopic (exact) mass is 350 g/mol. The van der Waals surface area contributed by atoms with Gasteiger partial charge in [0.2, 0.25) is 0 Å². The van der Waals surface area contributed by atoms with Gasteiger partial charge in [-0.15, -0.1) is 0 Å². The van der Waals surface area contributed by atoms with E-state index in [1.807, 2.05) is 24.5 Å². The first-order chi connectivity index (χ1) is 12.4. The Morgan fingerprint density at radius 3 is 1.64 bits per heavy atom. The molecule has 130 valence electrons. The minimum Gasteiger partial charge on any atom is -0.256 e. The smallest absolute Gasteiger partial charge is 0.0724 e. The van der Waals surface area contributed by atoms with Crippen LogP contribution in [-0.2, 0) is 0 Å². The van der Waals surface area contributed by atoms with E-state index in [-0.39, 0.29) is 7.92 Å². The molecule has 0 atom stereocenters. The van der Waals surface area contributed by atoms with Gasteiger partial charge in [0.05, 0.1) is 11.4 Å². The first kappa shape index (κ1) is 16.9. The van der Waals surface area contributed by atoms with E-state index in [2.05, 4.69) is 40.1 Å². The van der Waals surface area contributed by atoms with Crippen LogP contribution in [0.2, 0.25) is 0 Å². The summed E-state index contributed by atoms with van der Waals surface area (Å²) in [4.78, 5) is 9.33. The molecule has 2 aromatic heterocycles. The van der Waals surface area contributed by atoms with Crippen LogP contribution >= 0.6 is 7.92 Å². The molecular formula is C22H27N2P. The fraction of sp³-hybridized carbons (Fsp3) is 0.455. The molecule has 0 N–H and O–H groups in total. The van der Waals surface area contributed by atoms with Crippen LogP contribution in [0.4, 0.5) is 0 Å². The Morgan fingerprint density at radius 1 is 0.760 bits per heavy atom. The van der Waals surface area contributed by atoms with Crippen molar-refractivity contribution in [3.05, 3.63) is 66.0 Å². The maximum absolute atomic E-state index is 4.66. The Balaban J connectivity index is 1.75. The van der Waals surface area contributed by atoms with Gasteiger partial charge in [-0.05, 0) is 67.1 Å². The molecule has 2 nitrogen and oxygen atoms in total. The molecule has 0 saturated heterocycles. The van der Waals surface area contributed by atoms with E-state index in [1.165, 1.54) is 56.9 Å². The molecule has 0 aromatic carbocycles. The summed E-state index contributed by atoms with van der Waals surface area (Å²) in [6.45, 7) is 0. The molecule has 2 saturated carbocycles. The lowest BCUT2D eigenvalue weighted by Gasteiger charge is -2.28. The minimum absolute atomic E-state index is 0.0916. The first-order valence-corrected chi connectivity index (χ1v) is 11.3. The molecule has 25 heavy (non-hydrogen) atoms. The summed E-state index contributed by atoms with van der Waals surface area (Å²) in [6.07, 6.45) is 15.2. The lowest BCUT2D eigenvalue weighted by molar-refractivity contribution is 0.835. The zero-order valence-electron chi connectivity index (χ0n) is 14.8. The number of aromatic nitrogens is 2. The SMILES string of the molecule is C(=C(c1ccccn1)c1ccccn1)P(C1CCCC1)C1CCCC1. The van der Waals surface area contributed by atoms with Crippen molar-refractivity contribution < 1.29 is 0 Å². The van der Waals surface area contributed by atoms with Gasteiger partial charge < -0.3 is 0 Å². The Bertz CT molecular complexity index is 629. The predicted molar refractivity (Wildman–Crippen MR) is 107 cm³/mol. The number of nitrogens with zero attached hydrogens (tertiary/aromatic N) is 2. The molecule has 2 heterocycles. The second-order valence-corrected chi connectivity index (χ2v) is 9.91. The third-order valence-electron chi connectivity index (χ3n) is 5.65. The number of rotatable bonds is 5. The van der Waals surface area contributed by atoms with Crippen LogP contribution in [0.1, 0.15) is 62.8 Å². The molecular weight excluding hydrogens is 323 g/mol. The first-order valence-electron chi connectivity index (χ1n) is 9.74. The standard InChI is InChI=1S/C22H27N2P/c1-2-10-18(9-1)25(19-11-3-4-12-19)17-20(21-13-5-7-15-23-21)22-14-6-8-16-24-22/h5-8,13-19H,1-4,9-12H2. The normalized spacial score (nSPS) is 18.8. The van der Waals surface area contributed by atoms with Crippen molar-refractivity contribution in [1.29, 1.82) is 0 Å². The van der Waals surface area contributed by atoms with E-state index >= 15 is 0 Å². The van der Waals surface area contributed by atoms with Crippen LogP contribution in [0.15, 0.2) is 54.6 Å². The lowest BCUT2D eigenvalue weighted by Crippen LogP contribution is -2.09. The molecule has 0 bridgehead atoms. The van der Waals surface area contributed by atoms with Crippen molar-refractivity contribution in [3.8, 4) is 0 Å². The van der Waals surface area contributed by atoms with E-state index in [0.717, 1.165) is 22.7 Å². The summed E-state index contributed by atoms with van der Waals surface area (Å²) in [7, 11) is -0.0916. The fourth-order valence-electron chi connectivity index (χ4n) is 4.37. The molecule has 3 heteroatoms. The van der Waals surface area contributed by atoms with Crippen LogP contribution in [0, 0.1) is 0 Å². The highest BCUT2D eigenvalue weighted by Gasteiger charge is 2.32. The molecule has 2 aromatic rings. The van der Waals surface area contributed by atoms with Gasteiger partial charge >= 0.3 is 0 Å². The minimum atomic E-state index is -0.0916. The van der Waals surface area contributed by atoms with Crippen molar-refractivity contribution in [3.63, 3.8) is 0 Å². The summed E-state index contributed by atoms with van der Waals surface area (Å²) in [5, 5.41) is 0. The van der Waals surface area contributed by atoms with Crippen molar-refractivity contribution in [2.24, 2.45) is 0 Å². The van der Waals surface area contributed by atoms with Gasteiger partial charge in [0.1, 0.15) is 0 Å². The van der Waals surface area contributed by atoms with Crippen LogP contribution in [0.3, 0.4) is 0 Å². The Kier molecular flexibility index (Phi) is 5.57.